The summed E-state index contributed by atoms with van der Waals surface area (Å²) in [4.78, 5) is 12.8. The van der Waals surface area contributed by atoms with E-state index in [1.165, 1.54) is 116 Å². The third kappa shape index (κ3) is 21.3. The van der Waals surface area contributed by atoms with Gasteiger partial charge < -0.3 is 35.2 Å². The number of ether oxygens (including phenoxy) is 2. The van der Waals surface area contributed by atoms with E-state index in [-0.39, 0.29) is 12.5 Å². The first kappa shape index (κ1) is 43.3. The highest BCUT2D eigenvalue weighted by Gasteiger charge is 2.42. The van der Waals surface area contributed by atoms with Crippen LogP contribution in [-0.2, 0) is 14.3 Å². The lowest BCUT2D eigenvalue weighted by molar-refractivity contribution is -0.295. The third-order valence-corrected chi connectivity index (χ3v) is 9.67. The van der Waals surface area contributed by atoms with Gasteiger partial charge in [0, 0.05) is 6.42 Å². The highest BCUT2D eigenvalue weighted by Crippen LogP contribution is 2.23. The van der Waals surface area contributed by atoms with Gasteiger partial charge in [0.1, 0.15) is 18.3 Å². The molecule has 1 fully saturated rings. The number of carbonyl (C=O) groups excluding carboxylic acids is 1. The van der Waals surface area contributed by atoms with Crippen molar-refractivity contribution in [1.82, 2.24) is 5.32 Å². The maximum absolute atomic E-state index is 12.8. The summed E-state index contributed by atoms with van der Waals surface area (Å²) in [7, 11) is 0. The molecule has 0 aromatic heterocycles. The molecular formula is C38H75NO7. The number of nitrogens with one attached hydrogen (secondary N) is 1. The van der Waals surface area contributed by atoms with Crippen molar-refractivity contribution < 1.29 is 34.7 Å². The van der Waals surface area contributed by atoms with Crippen molar-refractivity contribution in [2.75, 3.05) is 6.61 Å². The van der Waals surface area contributed by atoms with Crippen LogP contribution in [0.2, 0.25) is 0 Å². The number of aliphatic hydroxyl groups excluding tert-OH is 4. The molecular weight excluding hydrogens is 582 g/mol. The fraction of sp³-hybridized carbons (Fsp3) is 0.974. The van der Waals surface area contributed by atoms with Gasteiger partial charge in [0.05, 0.1) is 24.9 Å². The summed E-state index contributed by atoms with van der Waals surface area (Å²) in [5, 5.41) is 44.5. The minimum absolute atomic E-state index is 0.0547. The van der Waals surface area contributed by atoms with E-state index in [1.54, 1.807) is 6.92 Å². The van der Waals surface area contributed by atoms with Crippen molar-refractivity contribution in [3.8, 4) is 0 Å². The molecule has 0 saturated carbocycles. The molecule has 8 nitrogen and oxygen atoms in total. The SMILES string of the molecule is CCCCCCCCCCCCCCC[C@@H](O)[C@H](CO[C@H]1O[C@H](C)[C@H](O)[C@H](O)[C@H]1O)NC(=O)CCCCCCCCCCCCC. The molecule has 1 heterocycles. The number of hydrogen-bond acceptors (Lipinski definition) is 7. The van der Waals surface area contributed by atoms with E-state index in [2.05, 4.69) is 19.2 Å². The molecule has 0 aromatic carbocycles. The molecule has 0 spiro atoms. The van der Waals surface area contributed by atoms with Gasteiger partial charge in [0.25, 0.3) is 0 Å². The molecule has 274 valence electrons. The highest BCUT2D eigenvalue weighted by molar-refractivity contribution is 5.76. The summed E-state index contributed by atoms with van der Waals surface area (Å²) < 4.78 is 11.3. The van der Waals surface area contributed by atoms with Crippen LogP contribution in [0.3, 0.4) is 0 Å². The molecule has 1 saturated heterocycles. The topological polar surface area (TPSA) is 128 Å². The number of aliphatic hydroxyl groups is 4. The van der Waals surface area contributed by atoms with E-state index in [9.17, 15) is 25.2 Å². The summed E-state index contributed by atoms with van der Waals surface area (Å²) in [6.45, 7) is 6.05. The quantitative estimate of drug-likeness (QED) is 0.0480. The molecule has 46 heavy (non-hydrogen) atoms. The second-order valence-electron chi connectivity index (χ2n) is 14.1. The van der Waals surface area contributed by atoms with Crippen LogP contribution in [0.1, 0.15) is 188 Å². The van der Waals surface area contributed by atoms with E-state index in [0.29, 0.717) is 12.8 Å². The van der Waals surface area contributed by atoms with Crippen LogP contribution in [0, 0.1) is 0 Å². The Bertz CT molecular complexity index is 696. The van der Waals surface area contributed by atoms with Crippen molar-refractivity contribution in [2.45, 2.75) is 231 Å². The number of unbranched alkanes of at least 4 members (excludes halogenated alkanes) is 22. The first-order valence-electron chi connectivity index (χ1n) is 19.6. The van der Waals surface area contributed by atoms with Crippen LogP contribution in [-0.4, -0.2) is 75.8 Å². The van der Waals surface area contributed by atoms with Crippen molar-refractivity contribution in [3.63, 3.8) is 0 Å². The first-order valence-corrected chi connectivity index (χ1v) is 19.6. The molecule has 1 amide bonds. The van der Waals surface area contributed by atoms with E-state index < -0.39 is 42.9 Å². The summed E-state index contributed by atoms with van der Waals surface area (Å²) in [6.07, 6.45) is 24.0. The van der Waals surface area contributed by atoms with E-state index in [1.807, 2.05) is 0 Å². The predicted octanol–water partition coefficient (Wildman–Crippen LogP) is 7.86. The minimum atomic E-state index is -1.42. The summed E-state index contributed by atoms with van der Waals surface area (Å²) >= 11 is 0. The Kier molecular flexibility index (Phi) is 27.4. The normalized spacial score (nSPS) is 23.0. The number of amides is 1. The second-order valence-corrected chi connectivity index (χ2v) is 14.1. The summed E-state index contributed by atoms with van der Waals surface area (Å²) in [5.41, 5.74) is 0. The zero-order chi connectivity index (χ0) is 33.8. The zero-order valence-electron chi connectivity index (χ0n) is 30.1. The van der Waals surface area contributed by atoms with E-state index in [4.69, 9.17) is 9.47 Å². The Morgan fingerprint density at radius 1 is 0.630 bits per heavy atom. The largest absolute Gasteiger partial charge is 0.391 e. The Balaban J connectivity index is 2.37. The average molecular weight is 658 g/mol. The second kappa shape index (κ2) is 29.2. The van der Waals surface area contributed by atoms with Gasteiger partial charge >= 0.3 is 0 Å². The smallest absolute Gasteiger partial charge is 0.220 e. The Morgan fingerprint density at radius 3 is 1.50 bits per heavy atom. The van der Waals surface area contributed by atoms with Crippen molar-refractivity contribution in [2.24, 2.45) is 0 Å². The van der Waals surface area contributed by atoms with Gasteiger partial charge in [0.2, 0.25) is 5.91 Å². The van der Waals surface area contributed by atoms with Crippen LogP contribution in [0.25, 0.3) is 0 Å². The predicted molar refractivity (Wildman–Crippen MR) is 188 cm³/mol. The molecule has 0 bridgehead atoms. The van der Waals surface area contributed by atoms with E-state index >= 15 is 0 Å². The third-order valence-electron chi connectivity index (χ3n) is 9.67. The molecule has 0 unspecified atom stereocenters. The fourth-order valence-corrected chi connectivity index (χ4v) is 6.40. The standard InChI is InChI=1S/C38H75NO7/c1-4-6-8-10-12-14-16-17-19-20-22-24-26-28-33(40)32(30-45-38-37(44)36(43)35(42)31(3)46-38)39-34(41)29-27-25-23-21-18-15-13-11-9-7-5-2/h31-33,35-38,40,42-44H,4-30H2,1-3H3,(H,39,41)/t31-,32+,33-,35+,36+,37-,38+/m1/s1. The number of carbonyl (C=O) groups is 1. The fourth-order valence-electron chi connectivity index (χ4n) is 6.40. The lowest BCUT2D eigenvalue weighted by Crippen LogP contribution is -2.58. The molecule has 8 heteroatoms. The lowest BCUT2D eigenvalue weighted by atomic mass is 10.00. The monoisotopic (exact) mass is 658 g/mol. The zero-order valence-corrected chi connectivity index (χ0v) is 30.1. The Morgan fingerprint density at radius 2 is 1.04 bits per heavy atom. The van der Waals surface area contributed by atoms with Gasteiger partial charge in [-0.2, -0.15) is 0 Å². The van der Waals surface area contributed by atoms with Gasteiger partial charge in [-0.1, -0.05) is 162 Å². The van der Waals surface area contributed by atoms with Crippen LogP contribution in [0.4, 0.5) is 0 Å². The van der Waals surface area contributed by atoms with Crippen LogP contribution < -0.4 is 5.32 Å². The lowest BCUT2D eigenvalue weighted by Gasteiger charge is -2.39. The summed E-state index contributed by atoms with van der Waals surface area (Å²) in [5.74, 6) is -0.108. The Hall–Kier alpha value is -0.770. The Labute approximate surface area is 282 Å². The molecule has 1 aliphatic rings. The van der Waals surface area contributed by atoms with Gasteiger partial charge in [-0.3, -0.25) is 4.79 Å². The summed E-state index contributed by atoms with van der Waals surface area (Å²) in [6, 6.07) is -0.646. The van der Waals surface area contributed by atoms with Crippen LogP contribution in [0.5, 0.6) is 0 Å². The molecule has 0 aliphatic carbocycles. The first-order chi connectivity index (χ1) is 22.3. The average Bonchev–Trinajstić information content (AvgIpc) is 3.05. The molecule has 1 aliphatic heterocycles. The van der Waals surface area contributed by atoms with Crippen molar-refractivity contribution in [1.29, 1.82) is 0 Å². The van der Waals surface area contributed by atoms with Gasteiger partial charge in [-0.05, 0) is 19.8 Å². The van der Waals surface area contributed by atoms with Gasteiger partial charge in [-0.15, -0.1) is 0 Å². The van der Waals surface area contributed by atoms with Gasteiger partial charge in [0.15, 0.2) is 6.29 Å². The number of hydrogen-bond donors (Lipinski definition) is 5. The van der Waals surface area contributed by atoms with Crippen LogP contribution >= 0.6 is 0 Å². The maximum Gasteiger partial charge on any atom is 0.220 e. The van der Waals surface area contributed by atoms with Gasteiger partial charge in [-0.25, -0.2) is 0 Å². The van der Waals surface area contributed by atoms with Crippen molar-refractivity contribution >= 4 is 5.91 Å². The molecule has 0 aromatic rings. The number of rotatable bonds is 31. The van der Waals surface area contributed by atoms with Crippen molar-refractivity contribution in [3.05, 3.63) is 0 Å². The minimum Gasteiger partial charge on any atom is -0.391 e. The molecule has 0 radical (unpaired) electrons. The maximum atomic E-state index is 12.8. The molecule has 5 N–H and O–H groups in total. The molecule has 7 atom stereocenters. The van der Waals surface area contributed by atoms with E-state index in [0.717, 1.165) is 38.5 Å². The highest BCUT2D eigenvalue weighted by atomic mass is 16.7. The van der Waals surface area contributed by atoms with Crippen LogP contribution in [0.15, 0.2) is 0 Å². The molecule has 1 rings (SSSR count).